The number of rotatable bonds is 13. The highest BCUT2D eigenvalue weighted by atomic mass is 28.4. The smallest absolute Gasteiger partial charge is 0.311 e. The third kappa shape index (κ3) is 9.90. The predicted octanol–water partition coefficient (Wildman–Crippen LogP) is 7.22. The summed E-state index contributed by atoms with van der Waals surface area (Å²) in [6.07, 6.45) is 4.48. The molecule has 0 radical (unpaired) electrons. The molecular formula is C33H54O7Si. The van der Waals surface area contributed by atoms with Crippen LogP contribution >= 0.6 is 0 Å². The highest BCUT2D eigenvalue weighted by molar-refractivity contribution is 6.74. The Balaban J connectivity index is 1.37. The van der Waals surface area contributed by atoms with Crippen molar-refractivity contribution < 1.29 is 33.0 Å². The molecule has 232 valence electrons. The molecule has 8 atom stereocenters. The van der Waals surface area contributed by atoms with Gasteiger partial charge in [-0.2, -0.15) is 0 Å². The predicted molar refractivity (Wildman–Crippen MR) is 163 cm³/mol. The monoisotopic (exact) mass is 590 g/mol. The Bertz CT molecular complexity index is 976. The van der Waals surface area contributed by atoms with Crippen molar-refractivity contribution in [1.29, 1.82) is 0 Å². The summed E-state index contributed by atoms with van der Waals surface area (Å²) < 4.78 is 30.3. The zero-order valence-electron chi connectivity index (χ0n) is 26.8. The van der Waals surface area contributed by atoms with Gasteiger partial charge in [-0.3, -0.25) is 9.59 Å². The van der Waals surface area contributed by atoms with Crippen LogP contribution in [0.1, 0.15) is 92.6 Å². The first-order valence-electron chi connectivity index (χ1n) is 15.6. The number of hydrogen-bond donors (Lipinski definition) is 0. The van der Waals surface area contributed by atoms with E-state index in [0.29, 0.717) is 6.42 Å². The van der Waals surface area contributed by atoms with E-state index in [9.17, 15) is 9.59 Å². The van der Waals surface area contributed by atoms with Crippen LogP contribution in [-0.4, -0.2) is 56.9 Å². The van der Waals surface area contributed by atoms with Crippen LogP contribution < -0.4 is 0 Å². The highest BCUT2D eigenvalue weighted by Crippen LogP contribution is 2.38. The zero-order chi connectivity index (χ0) is 30.4. The molecule has 0 amide bonds. The first-order valence-corrected chi connectivity index (χ1v) is 18.5. The molecule has 0 bridgehead atoms. The lowest BCUT2D eigenvalue weighted by atomic mass is 10.0. The van der Waals surface area contributed by atoms with E-state index in [4.69, 9.17) is 23.4 Å². The SMILES string of the molecule is C[C@H](C[C@H]1CC[C@@H]([C@H](C)C(=O)O[C@@H](C)C[C@@H]2CC[C@H]([C@@H](C)C(=O)OCc3ccccc3)O2)O1)O[Si](C)(C)C(C)(C)C. The molecule has 0 saturated carbocycles. The fraction of sp³-hybridized carbons (Fsp3) is 0.758. The number of hydrogen-bond acceptors (Lipinski definition) is 7. The van der Waals surface area contributed by atoms with Gasteiger partial charge in [0.2, 0.25) is 0 Å². The lowest BCUT2D eigenvalue weighted by molar-refractivity contribution is -0.159. The average Bonchev–Trinajstić information content (AvgIpc) is 3.55. The van der Waals surface area contributed by atoms with Crippen molar-refractivity contribution >= 4 is 20.3 Å². The average molecular weight is 591 g/mol. The third-order valence-corrected chi connectivity index (χ3v) is 13.8. The van der Waals surface area contributed by atoms with Gasteiger partial charge >= 0.3 is 11.9 Å². The summed E-state index contributed by atoms with van der Waals surface area (Å²) in [6, 6.07) is 9.67. The van der Waals surface area contributed by atoms with Crippen molar-refractivity contribution in [3.8, 4) is 0 Å². The standard InChI is InChI=1S/C33H54O7Si/c1-22(19-27-15-17-29(38-27)24(3)31(34)36-21-26-13-11-10-12-14-26)37-32(35)25(4)30-18-16-28(39-30)20-23(2)40-41(8,9)33(5,6)7/h10-14,22-25,27-30H,15-21H2,1-9H3/t22-,23+,24+,25-,27-,28+,29+,30-/m0/s1. The van der Waals surface area contributed by atoms with E-state index in [-0.39, 0.29) is 72.0 Å². The van der Waals surface area contributed by atoms with E-state index < -0.39 is 8.32 Å². The van der Waals surface area contributed by atoms with E-state index >= 15 is 0 Å². The second kappa shape index (κ2) is 14.6. The van der Waals surface area contributed by atoms with Gasteiger partial charge in [0.15, 0.2) is 8.32 Å². The van der Waals surface area contributed by atoms with Gasteiger partial charge in [-0.25, -0.2) is 0 Å². The van der Waals surface area contributed by atoms with Crippen molar-refractivity contribution in [2.24, 2.45) is 11.8 Å². The van der Waals surface area contributed by atoms with Crippen molar-refractivity contribution in [2.75, 3.05) is 0 Å². The fourth-order valence-corrected chi connectivity index (χ4v) is 6.99. The van der Waals surface area contributed by atoms with Gasteiger partial charge in [-0.05, 0) is 83.5 Å². The number of carbonyl (C=O) groups excluding carboxylic acids is 2. The summed E-state index contributed by atoms with van der Waals surface area (Å²) in [6.45, 7) is 19.4. The number of esters is 2. The molecule has 2 aliphatic rings. The molecule has 1 aromatic rings. The van der Waals surface area contributed by atoms with E-state index in [1.165, 1.54) is 0 Å². The Labute approximate surface area is 249 Å². The normalized spacial score (nSPS) is 26.3. The van der Waals surface area contributed by atoms with E-state index in [2.05, 4.69) is 40.8 Å². The second-order valence-corrected chi connectivity index (χ2v) is 18.6. The summed E-state index contributed by atoms with van der Waals surface area (Å²) in [5, 5.41) is 0.173. The van der Waals surface area contributed by atoms with Gasteiger partial charge < -0.3 is 23.4 Å². The van der Waals surface area contributed by atoms with Crippen molar-refractivity contribution in [2.45, 2.75) is 148 Å². The molecule has 0 unspecified atom stereocenters. The van der Waals surface area contributed by atoms with Gasteiger partial charge in [-0.1, -0.05) is 51.1 Å². The van der Waals surface area contributed by atoms with Crippen molar-refractivity contribution in [1.82, 2.24) is 0 Å². The van der Waals surface area contributed by atoms with Gasteiger partial charge in [0.05, 0.1) is 36.3 Å². The van der Waals surface area contributed by atoms with Crippen LogP contribution in [0.25, 0.3) is 0 Å². The van der Waals surface area contributed by atoms with Crippen LogP contribution in [0.5, 0.6) is 0 Å². The van der Waals surface area contributed by atoms with Gasteiger partial charge in [0.1, 0.15) is 12.7 Å². The highest BCUT2D eigenvalue weighted by Gasteiger charge is 2.40. The first-order chi connectivity index (χ1) is 19.2. The minimum absolute atomic E-state index is 0.0445. The van der Waals surface area contributed by atoms with E-state index in [0.717, 1.165) is 37.7 Å². The Morgan fingerprint density at radius 3 is 1.88 bits per heavy atom. The number of benzene rings is 1. The second-order valence-electron chi connectivity index (χ2n) is 13.8. The molecule has 0 aromatic heterocycles. The summed E-state index contributed by atoms with van der Waals surface area (Å²) in [7, 11) is -1.83. The van der Waals surface area contributed by atoms with Crippen LogP contribution in [0.4, 0.5) is 0 Å². The van der Waals surface area contributed by atoms with Crippen LogP contribution in [0, 0.1) is 11.8 Å². The largest absolute Gasteiger partial charge is 0.462 e. The molecule has 0 N–H and O–H groups in total. The molecule has 2 aliphatic heterocycles. The summed E-state index contributed by atoms with van der Waals surface area (Å²) in [4.78, 5) is 25.5. The van der Waals surface area contributed by atoms with Crippen LogP contribution in [0.3, 0.4) is 0 Å². The Kier molecular flexibility index (Phi) is 12.0. The Hall–Kier alpha value is -1.74. The summed E-state index contributed by atoms with van der Waals surface area (Å²) in [5.74, 6) is -1.13. The molecule has 1 aromatic carbocycles. The molecule has 0 aliphatic carbocycles. The quantitative estimate of drug-likeness (QED) is 0.177. The molecule has 2 heterocycles. The lowest BCUT2D eigenvalue weighted by Crippen LogP contribution is -2.44. The van der Waals surface area contributed by atoms with Crippen molar-refractivity contribution in [3.05, 3.63) is 35.9 Å². The van der Waals surface area contributed by atoms with Gasteiger partial charge in [0.25, 0.3) is 0 Å². The summed E-state index contributed by atoms with van der Waals surface area (Å²) >= 11 is 0. The Morgan fingerprint density at radius 2 is 1.34 bits per heavy atom. The lowest BCUT2D eigenvalue weighted by Gasteiger charge is -2.39. The molecule has 0 spiro atoms. The van der Waals surface area contributed by atoms with Crippen LogP contribution in [-0.2, 0) is 39.6 Å². The third-order valence-electron chi connectivity index (χ3n) is 9.17. The molecule has 2 fully saturated rings. The summed E-state index contributed by atoms with van der Waals surface area (Å²) in [5.41, 5.74) is 0.965. The van der Waals surface area contributed by atoms with Crippen LogP contribution in [0.15, 0.2) is 30.3 Å². The van der Waals surface area contributed by atoms with E-state index in [1.54, 1.807) is 0 Å². The zero-order valence-corrected chi connectivity index (χ0v) is 27.8. The molecule has 7 nitrogen and oxygen atoms in total. The maximum Gasteiger partial charge on any atom is 0.311 e. The first kappa shape index (κ1) is 33.8. The number of carbonyl (C=O) groups is 2. The van der Waals surface area contributed by atoms with Gasteiger partial charge in [0, 0.05) is 12.5 Å². The molecule has 41 heavy (non-hydrogen) atoms. The van der Waals surface area contributed by atoms with Crippen LogP contribution in [0.2, 0.25) is 18.1 Å². The fourth-order valence-electron chi connectivity index (χ4n) is 5.54. The van der Waals surface area contributed by atoms with Gasteiger partial charge in [-0.15, -0.1) is 0 Å². The molecular weight excluding hydrogens is 536 g/mol. The topological polar surface area (TPSA) is 80.3 Å². The van der Waals surface area contributed by atoms with E-state index in [1.807, 2.05) is 51.1 Å². The maximum atomic E-state index is 13.0. The molecule has 3 rings (SSSR count). The molecule has 2 saturated heterocycles. The minimum atomic E-state index is -1.83. The maximum absolute atomic E-state index is 13.0. The molecule has 8 heteroatoms. The van der Waals surface area contributed by atoms with Crippen molar-refractivity contribution in [3.63, 3.8) is 0 Å². The minimum Gasteiger partial charge on any atom is -0.462 e. The Morgan fingerprint density at radius 1 is 0.829 bits per heavy atom. The number of ether oxygens (including phenoxy) is 4.